The van der Waals surface area contributed by atoms with E-state index in [9.17, 15) is 34.1 Å². The van der Waals surface area contributed by atoms with Crippen LogP contribution in [0.3, 0.4) is 0 Å². The Hall–Kier alpha value is -1.78. The number of phosphoric acid groups is 1. The molecule has 4 N–H and O–H groups in total. The lowest BCUT2D eigenvalue weighted by Gasteiger charge is -2.18. The lowest BCUT2D eigenvalue weighted by Crippen LogP contribution is -2.43. The molecule has 0 saturated carbocycles. The molecule has 53 heavy (non-hydrogen) atoms. The van der Waals surface area contributed by atoms with Crippen molar-refractivity contribution >= 4 is 25.7 Å². The zero-order valence-electron chi connectivity index (χ0n) is 33.6. The van der Waals surface area contributed by atoms with Gasteiger partial charge in [-0.3, -0.25) is 18.6 Å². The van der Waals surface area contributed by atoms with Crippen LogP contribution in [-0.2, 0) is 32.7 Å². The van der Waals surface area contributed by atoms with Gasteiger partial charge in [-0.1, -0.05) is 161 Å². The van der Waals surface area contributed by atoms with Gasteiger partial charge < -0.3 is 25.2 Å². The fourth-order valence-corrected chi connectivity index (χ4v) is 6.73. The second-order valence-electron chi connectivity index (χ2n) is 14.5. The van der Waals surface area contributed by atoms with E-state index in [0.29, 0.717) is 12.8 Å². The first-order valence-electron chi connectivity index (χ1n) is 21.2. The first kappa shape index (κ1) is 51.2. The number of rotatable bonds is 40. The summed E-state index contributed by atoms with van der Waals surface area (Å²) in [4.78, 5) is 45.6. The highest BCUT2D eigenvalue weighted by Gasteiger charge is 2.28. The molecule has 0 aromatic rings. The summed E-state index contributed by atoms with van der Waals surface area (Å²) >= 11 is 0. The highest BCUT2D eigenvalue weighted by atomic mass is 31.2. The van der Waals surface area contributed by atoms with Crippen molar-refractivity contribution in [2.45, 2.75) is 212 Å². The number of nitrogens with one attached hydrogen (secondary N) is 1. The predicted octanol–water partition coefficient (Wildman–Crippen LogP) is 10.5. The van der Waals surface area contributed by atoms with Gasteiger partial charge in [-0.15, -0.1) is 0 Å². The molecule has 0 aliphatic carbocycles. The first-order valence-corrected chi connectivity index (χ1v) is 22.7. The van der Waals surface area contributed by atoms with Crippen LogP contribution in [0.15, 0.2) is 12.2 Å². The summed E-state index contributed by atoms with van der Waals surface area (Å²) in [7, 11) is -4.74. The molecule has 0 spiro atoms. The Morgan fingerprint density at radius 1 is 0.585 bits per heavy atom. The van der Waals surface area contributed by atoms with Crippen LogP contribution in [0.5, 0.6) is 0 Å². The predicted molar refractivity (Wildman–Crippen MR) is 213 cm³/mol. The largest absolute Gasteiger partial charge is 0.480 e. The Balaban J connectivity index is 3.79. The number of hydrogen-bond donors (Lipinski definition) is 4. The molecular weight excluding hydrogens is 697 g/mol. The number of aliphatic hydroxyl groups excluding tert-OH is 1. The summed E-state index contributed by atoms with van der Waals surface area (Å²) in [6.45, 7) is 2.54. The van der Waals surface area contributed by atoms with Gasteiger partial charge in [0.2, 0.25) is 5.91 Å². The van der Waals surface area contributed by atoms with E-state index < -0.39 is 57.6 Å². The smallest absolute Gasteiger partial charge is 0.472 e. The summed E-state index contributed by atoms with van der Waals surface area (Å²) in [6, 6.07) is -1.54. The van der Waals surface area contributed by atoms with Crippen molar-refractivity contribution in [2.24, 2.45) is 0 Å². The van der Waals surface area contributed by atoms with Gasteiger partial charge in [0, 0.05) is 12.8 Å². The summed E-state index contributed by atoms with van der Waals surface area (Å²) in [5, 5.41) is 21.7. The SMILES string of the molecule is CCCCCCCC/C=C/CCCCCCCCCCCCCC(=O)OCC(O)COP(=O)(O)OCC(NC(=O)CCCCCCCCCC)C(=O)O. The minimum atomic E-state index is -4.74. The Kier molecular flexibility index (Phi) is 35.9. The molecule has 12 heteroatoms. The number of amides is 1. The number of aliphatic carboxylic acids is 1. The topological polar surface area (TPSA) is 169 Å². The number of aliphatic hydroxyl groups is 1. The van der Waals surface area contributed by atoms with Crippen LogP contribution in [0.25, 0.3) is 0 Å². The second-order valence-corrected chi connectivity index (χ2v) is 16.0. The molecular formula is C41H78NO10P. The first-order chi connectivity index (χ1) is 25.6. The van der Waals surface area contributed by atoms with E-state index in [-0.39, 0.29) is 12.8 Å². The van der Waals surface area contributed by atoms with Crippen LogP contribution in [0.4, 0.5) is 0 Å². The van der Waals surface area contributed by atoms with Crippen molar-refractivity contribution in [3.63, 3.8) is 0 Å². The van der Waals surface area contributed by atoms with E-state index >= 15 is 0 Å². The van der Waals surface area contributed by atoms with E-state index in [4.69, 9.17) is 13.8 Å². The van der Waals surface area contributed by atoms with Crippen molar-refractivity contribution < 1.29 is 47.8 Å². The molecule has 0 saturated heterocycles. The van der Waals surface area contributed by atoms with Crippen LogP contribution in [0.2, 0.25) is 0 Å². The highest BCUT2D eigenvalue weighted by molar-refractivity contribution is 7.47. The van der Waals surface area contributed by atoms with Crippen molar-refractivity contribution in [3.05, 3.63) is 12.2 Å². The number of phosphoric ester groups is 1. The van der Waals surface area contributed by atoms with Crippen LogP contribution in [-0.4, -0.2) is 64.9 Å². The third kappa shape index (κ3) is 36.9. The van der Waals surface area contributed by atoms with Gasteiger partial charge in [-0.2, -0.15) is 0 Å². The van der Waals surface area contributed by atoms with Gasteiger partial charge >= 0.3 is 19.8 Å². The van der Waals surface area contributed by atoms with Gasteiger partial charge in [0.1, 0.15) is 12.7 Å². The van der Waals surface area contributed by atoms with Gasteiger partial charge in [0.05, 0.1) is 13.2 Å². The molecule has 312 valence electrons. The maximum Gasteiger partial charge on any atom is 0.472 e. The molecule has 0 aliphatic heterocycles. The van der Waals surface area contributed by atoms with Gasteiger partial charge in [-0.05, 0) is 38.5 Å². The molecule has 0 rings (SSSR count). The monoisotopic (exact) mass is 776 g/mol. The maximum absolute atomic E-state index is 12.2. The molecule has 0 aliphatic rings. The van der Waals surface area contributed by atoms with Crippen LogP contribution in [0.1, 0.15) is 200 Å². The Labute approximate surface area is 322 Å². The summed E-state index contributed by atoms with van der Waals surface area (Å²) in [5.41, 5.74) is 0. The number of unbranched alkanes of at least 4 members (excludes halogenated alkanes) is 24. The average molecular weight is 776 g/mol. The van der Waals surface area contributed by atoms with Crippen LogP contribution >= 0.6 is 7.82 Å². The number of ether oxygens (including phenoxy) is 1. The molecule has 0 aromatic heterocycles. The standard InChI is InChI=1S/C41H78NO10P/c1-3-5-7-9-11-13-14-15-16-17-18-19-20-21-22-23-24-25-27-29-31-33-40(45)50-34-37(43)35-51-53(48,49)52-36-38(41(46)47)42-39(44)32-30-28-26-12-10-8-6-4-2/h15-16,37-38,43H,3-14,17-36H2,1-2H3,(H,42,44)(H,46,47)(H,48,49)/b16-15+. The fourth-order valence-electron chi connectivity index (χ4n) is 5.96. The molecule has 11 nitrogen and oxygen atoms in total. The van der Waals surface area contributed by atoms with Gasteiger partial charge in [0.15, 0.2) is 6.04 Å². The molecule has 0 bridgehead atoms. The minimum Gasteiger partial charge on any atom is -0.480 e. The molecule has 0 heterocycles. The Morgan fingerprint density at radius 3 is 1.43 bits per heavy atom. The Bertz CT molecular complexity index is 963. The van der Waals surface area contributed by atoms with Crippen molar-refractivity contribution in [1.29, 1.82) is 0 Å². The summed E-state index contributed by atoms with van der Waals surface area (Å²) in [5.74, 6) is -2.37. The molecule has 1 amide bonds. The van der Waals surface area contributed by atoms with E-state index in [1.807, 2.05) is 0 Å². The number of hydrogen-bond acceptors (Lipinski definition) is 8. The lowest BCUT2D eigenvalue weighted by atomic mass is 10.0. The number of carbonyl (C=O) groups excluding carboxylic acids is 2. The molecule has 0 radical (unpaired) electrons. The third-order valence-electron chi connectivity index (χ3n) is 9.30. The summed E-state index contributed by atoms with van der Waals surface area (Å²) in [6.07, 6.45) is 35.5. The van der Waals surface area contributed by atoms with E-state index in [2.05, 4.69) is 31.3 Å². The molecule has 3 unspecified atom stereocenters. The number of carboxylic acid groups (broad SMARTS) is 1. The van der Waals surface area contributed by atoms with Crippen molar-refractivity contribution in [3.8, 4) is 0 Å². The quantitative estimate of drug-likeness (QED) is 0.0203. The minimum absolute atomic E-state index is 0.148. The fraction of sp³-hybridized carbons (Fsp3) is 0.878. The van der Waals surface area contributed by atoms with Crippen molar-refractivity contribution in [2.75, 3.05) is 19.8 Å². The van der Waals surface area contributed by atoms with Crippen molar-refractivity contribution in [1.82, 2.24) is 5.32 Å². The average Bonchev–Trinajstić information content (AvgIpc) is 3.13. The summed E-state index contributed by atoms with van der Waals surface area (Å²) < 4.78 is 26.7. The van der Waals surface area contributed by atoms with Crippen LogP contribution < -0.4 is 5.32 Å². The number of esters is 1. The zero-order chi connectivity index (χ0) is 39.3. The zero-order valence-corrected chi connectivity index (χ0v) is 34.5. The Morgan fingerprint density at radius 2 is 0.981 bits per heavy atom. The molecule has 0 aromatic carbocycles. The van der Waals surface area contributed by atoms with Gasteiger partial charge in [-0.25, -0.2) is 9.36 Å². The maximum atomic E-state index is 12.2. The van der Waals surface area contributed by atoms with E-state index in [1.165, 1.54) is 122 Å². The third-order valence-corrected chi connectivity index (χ3v) is 10.3. The van der Waals surface area contributed by atoms with Crippen LogP contribution in [0, 0.1) is 0 Å². The second kappa shape index (κ2) is 37.2. The lowest BCUT2D eigenvalue weighted by molar-refractivity contribution is -0.147. The number of carbonyl (C=O) groups is 3. The van der Waals surface area contributed by atoms with E-state index in [1.54, 1.807) is 0 Å². The number of carboxylic acids is 1. The normalized spacial score (nSPS) is 13.9. The van der Waals surface area contributed by atoms with Gasteiger partial charge in [0.25, 0.3) is 0 Å². The van der Waals surface area contributed by atoms with E-state index in [0.717, 1.165) is 38.5 Å². The molecule has 0 fully saturated rings. The molecule has 3 atom stereocenters. The highest BCUT2D eigenvalue weighted by Crippen LogP contribution is 2.43. The number of allylic oxidation sites excluding steroid dienone is 2.